The summed E-state index contributed by atoms with van der Waals surface area (Å²) in [7, 11) is 0. The van der Waals surface area contributed by atoms with Gasteiger partial charge in [0, 0.05) is 11.1 Å². The van der Waals surface area contributed by atoms with Crippen LogP contribution in [0.15, 0.2) is 0 Å². The van der Waals surface area contributed by atoms with Gasteiger partial charge in [0.1, 0.15) is 0 Å². The maximum atomic E-state index is 2.81. The number of hydrogen-bond donors (Lipinski definition) is 0. The summed E-state index contributed by atoms with van der Waals surface area (Å²) in [6.45, 7) is 13.2. The molecule has 2 fully saturated rings. The van der Waals surface area contributed by atoms with Crippen molar-refractivity contribution in [3.8, 4) is 0 Å². The summed E-state index contributed by atoms with van der Waals surface area (Å²) in [5.74, 6) is 0. The molecule has 1 heteroatoms. The van der Waals surface area contributed by atoms with Crippen molar-refractivity contribution < 1.29 is 0 Å². The van der Waals surface area contributed by atoms with Crippen LogP contribution in [0, 0.1) is 5.41 Å². The van der Waals surface area contributed by atoms with Gasteiger partial charge in [-0.25, -0.2) is 0 Å². The Balaban J connectivity index is 2.28. The fraction of sp³-hybridized carbons (Fsp3) is 1.00. The van der Waals surface area contributed by atoms with E-state index in [-0.39, 0.29) is 0 Å². The third-order valence-electron chi connectivity index (χ3n) is 5.00. The highest BCUT2D eigenvalue weighted by Gasteiger charge is 2.61. The third kappa shape index (κ3) is 1.18. The molecule has 1 nitrogen and oxygen atoms in total. The largest absolute Gasteiger partial charge is 0.292 e. The Morgan fingerprint density at radius 3 is 1.93 bits per heavy atom. The van der Waals surface area contributed by atoms with Gasteiger partial charge in [0.2, 0.25) is 0 Å². The van der Waals surface area contributed by atoms with E-state index in [0.717, 1.165) is 0 Å². The minimum Gasteiger partial charge on any atom is -0.292 e. The zero-order valence-corrected chi connectivity index (χ0v) is 10.5. The highest BCUT2D eigenvalue weighted by Crippen LogP contribution is 2.59. The molecule has 0 bridgehead atoms. The van der Waals surface area contributed by atoms with Crippen LogP contribution in [0.2, 0.25) is 0 Å². The second-order valence-corrected chi connectivity index (χ2v) is 6.49. The SMILES string of the molecule is CCN1C2(CC2)CCC1(C)C(C)(C)C. The van der Waals surface area contributed by atoms with Crippen molar-refractivity contribution in [3.63, 3.8) is 0 Å². The predicted molar refractivity (Wildman–Crippen MR) is 61.4 cm³/mol. The summed E-state index contributed by atoms with van der Waals surface area (Å²) in [4.78, 5) is 2.81. The number of likely N-dealkylation sites (tertiary alicyclic amines) is 1. The van der Waals surface area contributed by atoms with E-state index in [1.54, 1.807) is 0 Å². The zero-order valence-electron chi connectivity index (χ0n) is 10.5. The molecule has 2 aliphatic rings. The van der Waals surface area contributed by atoms with Gasteiger partial charge in [0.25, 0.3) is 0 Å². The molecular weight excluding hydrogens is 170 g/mol. The molecule has 0 N–H and O–H groups in total. The number of hydrogen-bond acceptors (Lipinski definition) is 1. The summed E-state index contributed by atoms with van der Waals surface area (Å²) in [5.41, 5.74) is 1.48. The highest BCUT2D eigenvalue weighted by atomic mass is 15.3. The Labute approximate surface area is 88.9 Å². The van der Waals surface area contributed by atoms with Crippen molar-refractivity contribution in [3.05, 3.63) is 0 Å². The minimum atomic E-state index is 0.412. The molecule has 0 aromatic carbocycles. The lowest BCUT2D eigenvalue weighted by atomic mass is 9.73. The first-order valence-electron chi connectivity index (χ1n) is 6.13. The minimum absolute atomic E-state index is 0.412. The monoisotopic (exact) mass is 195 g/mol. The van der Waals surface area contributed by atoms with E-state index in [1.807, 2.05) is 0 Å². The van der Waals surface area contributed by atoms with E-state index in [2.05, 4.69) is 39.5 Å². The topological polar surface area (TPSA) is 3.24 Å². The van der Waals surface area contributed by atoms with Gasteiger partial charge in [0.05, 0.1) is 0 Å². The van der Waals surface area contributed by atoms with E-state index in [9.17, 15) is 0 Å². The standard InChI is InChI=1S/C13H25N/c1-6-14-12(5,11(2,3)4)7-8-13(14)9-10-13/h6-10H2,1-5H3. The van der Waals surface area contributed by atoms with Crippen LogP contribution in [-0.2, 0) is 0 Å². The van der Waals surface area contributed by atoms with Crippen molar-refractivity contribution in [2.45, 2.75) is 71.4 Å². The summed E-state index contributed by atoms with van der Waals surface area (Å²) < 4.78 is 0. The van der Waals surface area contributed by atoms with Crippen LogP contribution in [0.1, 0.15) is 60.3 Å². The Kier molecular flexibility index (Phi) is 2.06. The van der Waals surface area contributed by atoms with Crippen LogP contribution in [0.3, 0.4) is 0 Å². The average molecular weight is 195 g/mol. The predicted octanol–water partition coefficient (Wildman–Crippen LogP) is 3.44. The maximum absolute atomic E-state index is 2.81. The van der Waals surface area contributed by atoms with E-state index < -0.39 is 0 Å². The second-order valence-electron chi connectivity index (χ2n) is 6.49. The Hall–Kier alpha value is -0.0400. The quantitative estimate of drug-likeness (QED) is 0.619. The molecule has 1 spiro atoms. The highest BCUT2D eigenvalue weighted by molar-refractivity contribution is 5.17. The van der Waals surface area contributed by atoms with Gasteiger partial charge < -0.3 is 0 Å². The Morgan fingerprint density at radius 2 is 1.57 bits per heavy atom. The molecule has 1 saturated carbocycles. The molecule has 1 atom stereocenters. The molecule has 0 aromatic heterocycles. The Morgan fingerprint density at radius 1 is 1.07 bits per heavy atom. The van der Waals surface area contributed by atoms with Crippen molar-refractivity contribution >= 4 is 0 Å². The van der Waals surface area contributed by atoms with E-state index in [4.69, 9.17) is 0 Å². The van der Waals surface area contributed by atoms with Crippen LogP contribution < -0.4 is 0 Å². The van der Waals surface area contributed by atoms with Gasteiger partial charge in [-0.1, -0.05) is 27.7 Å². The molecule has 2 rings (SSSR count). The molecule has 0 radical (unpaired) electrons. The first kappa shape index (κ1) is 10.5. The van der Waals surface area contributed by atoms with Gasteiger partial charge in [0.15, 0.2) is 0 Å². The van der Waals surface area contributed by atoms with Crippen molar-refractivity contribution in [1.29, 1.82) is 0 Å². The fourth-order valence-electron chi connectivity index (χ4n) is 3.40. The van der Waals surface area contributed by atoms with Gasteiger partial charge in [-0.2, -0.15) is 0 Å². The van der Waals surface area contributed by atoms with Crippen molar-refractivity contribution in [2.24, 2.45) is 5.41 Å². The molecular formula is C13H25N. The van der Waals surface area contributed by atoms with Crippen LogP contribution in [-0.4, -0.2) is 22.5 Å². The summed E-state index contributed by atoms with van der Waals surface area (Å²) >= 11 is 0. The first-order valence-corrected chi connectivity index (χ1v) is 6.13. The molecule has 14 heavy (non-hydrogen) atoms. The van der Waals surface area contributed by atoms with E-state index >= 15 is 0 Å². The van der Waals surface area contributed by atoms with Crippen molar-refractivity contribution in [1.82, 2.24) is 4.90 Å². The normalized spacial score (nSPS) is 36.6. The molecule has 82 valence electrons. The van der Waals surface area contributed by atoms with Crippen LogP contribution in [0.25, 0.3) is 0 Å². The van der Waals surface area contributed by atoms with Gasteiger partial charge in [-0.15, -0.1) is 0 Å². The summed E-state index contributed by atoms with van der Waals surface area (Å²) in [6.07, 6.45) is 5.73. The van der Waals surface area contributed by atoms with Crippen molar-refractivity contribution in [2.75, 3.05) is 6.54 Å². The van der Waals surface area contributed by atoms with E-state index in [1.165, 1.54) is 32.2 Å². The molecule has 1 heterocycles. The van der Waals surface area contributed by atoms with Crippen LogP contribution in [0.5, 0.6) is 0 Å². The zero-order chi connectivity index (χ0) is 10.6. The molecule has 0 amide bonds. The average Bonchev–Trinajstić information content (AvgIpc) is 2.74. The summed E-state index contributed by atoms with van der Waals surface area (Å²) in [5, 5.41) is 0. The lowest BCUT2D eigenvalue weighted by Gasteiger charge is -2.47. The van der Waals surface area contributed by atoms with Gasteiger partial charge in [-0.3, -0.25) is 4.90 Å². The molecule has 1 saturated heterocycles. The number of nitrogens with zero attached hydrogens (tertiary/aromatic N) is 1. The third-order valence-corrected chi connectivity index (χ3v) is 5.00. The van der Waals surface area contributed by atoms with Gasteiger partial charge >= 0.3 is 0 Å². The molecule has 1 aliphatic carbocycles. The maximum Gasteiger partial charge on any atom is 0.0235 e. The summed E-state index contributed by atoms with van der Waals surface area (Å²) in [6, 6.07) is 0. The second kappa shape index (κ2) is 2.75. The lowest BCUT2D eigenvalue weighted by molar-refractivity contribution is 0.0173. The number of rotatable bonds is 1. The van der Waals surface area contributed by atoms with Crippen LogP contribution >= 0.6 is 0 Å². The lowest BCUT2D eigenvalue weighted by Crippen LogP contribution is -2.54. The van der Waals surface area contributed by atoms with E-state index in [0.29, 0.717) is 16.5 Å². The van der Waals surface area contributed by atoms with Gasteiger partial charge in [-0.05, 0) is 44.6 Å². The molecule has 0 aromatic rings. The fourth-order valence-corrected chi connectivity index (χ4v) is 3.40. The smallest absolute Gasteiger partial charge is 0.0235 e. The molecule has 1 unspecified atom stereocenters. The first-order chi connectivity index (χ1) is 6.36. The Bertz CT molecular complexity index is 234. The molecule has 1 aliphatic heterocycles. The van der Waals surface area contributed by atoms with Crippen LogP contribution in [0.4, 0.5) is 0 Å².